The Labute approximate surface area is 90.8 Å². The molecular formula is C11H19N3O. The zero-order chi connectivity index (χ0) is 11.1. The SMILES string of the molecule is C=CCc1nc(CC(CC)CNC)no1. The highest BCUT2D eigenvalue weighted by molar-refractivity contribution is 4.92. The second-order valence-corrected chi connectivity index (χ2v) is 3.63. The van der Waals surface area contributed by atoms with Gasteiger partial charge in [-0.05, 0) is 19.5 Å². The van der Waals surface area contributed by atoms with Gasteiger partial charge in [-0.3, -0.25) is 0 Å². The van der Waals surface area contributed by atoms with E-state index in [1.54, 1.807) is 6.08 Å². The van der Waals surface area contributed by atoms with Crippen molar-refractivity contribution in [2.45, 2.75) is 26.2 Å². The third-order valence-corrected chi connectivity index (χ3v) is 2.37. The summed E-state index contributed by atoms with van der Waals surface area (Å²) in [6.45, 7) is 6.80. The fourth-order valence-electron chi connectivity index (χ4n) is 1.49. The van der Waals surface area contributed by atoms with Gasteiger partial charge in [0.1, 0.15) is 0 Å². The second-order valence-electron chi connectivity index (χ2n) is 3.63. The number of rotatable bonds is 7. The van der Waals surface area contributed by atoms with Crippen molar-refractivity contribution in [3.63, 3.8) is 0 Å². The zero-order valence-electron chi connectivity index (χ0n) is 9.49. The minimum absolute atomic E-state index is 0.573. The number of hydrogen-bond donors (Lipinski definition) is 1. The molecule has 0 aliphatic heterocycles. The first kappa shape index (κ1) is 11.9. The molecule has 0 aliphatic carbocycles. The minimum atomic E-state index is 0.573. The van der Waals surface area contributed by atoms with Crippen LogP contribution >= 0.6 is 0 Å². The summed E-state index contributed by atoms with van der Waals surface area (Å²) in [7, 11) is 1.96. The molecule has 1 unspecified atom stereocenters. The molecule has 0 spiro atoms. The van der Waals surface area contributed by atoms with E-state index in [1.807, 2.05) is 7.05 Å². The van der Waals surface area contributed by atoms with Gasteiger partial charge < -0.3 is 9.84 Å². The molecule has 0 amide bonds. The first-order chi connectivity index (χ1) is 7.30. The van der Waals surface area contributed by atoms with E-state index in [-0.39, 0.29) is 0 Å². The van der Waals surface area contributed by atoms with E-state index >= 15 is 0 Å². The summed E-state index contributed by atoms with van der Waals surface area (Å²) in [6, 6.07) is 0. The molecule has 1 aromatic heterocycles. The highest BCUT2D eigenvalue weighted by Gasteiger charge is 2.11. The Morgan fingerprint density at radius 1 is 1.60 bits per heavy atom. The van der Waals surface area contributed by atoms with Crippen molar-refractivity contribution >= 4 is 0 Å². The van der Waals surface area contributed by atoms with Crippen molar-refractivity contribution in [1.82, 2.24) is 15.5 Å². The van der Waals surface area contributed by atoms with Crippen molar-refractivity contribution in [2.24, 2.45) is 5.92 Å². The molecular weight excluding hydrogens is 190 g/mol. The Morgan fingerprint density at radius 3 is 3.00 bits per heavy atom. The van der Waals surface area contributed by atoms with Gasteiger partial charge in [-0.25, -0.2) is 0 Å². The van der Waals surface area contributed by atoms with E-state index in [1.165, 1.54) is 0 Å². The Balaban J connectivity index is 2.50. The second kappa shape index (κ2) is 6.35. The minimum Gasteiger partial charge on any atom is -0.339 e. The van der Waals surface area contributed by atoms with Crippen molar-refractivity contribution < 1.29 is 4.52 Å². The van der Waals surface area contributed by atoms with Crippen LogP contribution in [0.5, 0.6) is 0 Å². The zero-order valence-corrected chi connectivity index (χ0v) is 9.49. The maximum absolute atomic E-state index is 5.08. The summed E-state index contributed by atoms with van der Waals surface area (Å²) < 4.78 is 5.08. The van der Waals surface area contributed by atoms with E-state index in [4.69, 9.17) is 4.52 Å². The summed E-state index contributed by atoms with van der Waals surface area (Å²) in [6.07, 6.45) is 4.40. The fourth-order valence-corrected chi connectivity index (χ4v) is 1.49. The standard InChI is InChI=1S/C11H19N3O/c1-4-6-11-13-10(14-15-11)7-9(5-2)8-12-3/h4,9,12H,1,5-8H2,2-3H3. The van der Waals surface area contributed by atoms with E-state index in [0.717, 1.165) is 25.2 Å². The first-order valence-corrected chi connectivity index (χ1v) is 5.37. The molecule has 0 radical (unpaired) electrons. The predicted octanol–water partition coefficient (Wildman–Crippen LogP) is 1.59. The van der Waals surface area contributed by atoms with Gasteiger partial charge in [0, 0.05) is 12.8 Å². The Kier molecular flexibility index (Phi) is 5.04. The highest BCUT2D eigenvalue weighted by Crippen LogP contribution is 2.09. The molecule has 0 bridgehead atoms. The lowest BCUT2D eigenvalue weighted by Crippen LogP contribution is -2.20. The number of aromatic nitrogens is 2. The molecule has 0 aromatic carbocycles. The molecule has 0 fully saturated rings. The molecule has 1 aromatic rings. The molecule has 4 nitrogen and oxygen atoms in total. The Hall–Kier alpha value is -1.16. The summed E-state index contributed by atoms with van der Waals surface area (Å²) >= 11 is 0. The van der Waals surface area contributed by atoms with Gasteiger partial charge in [-0.2, -0.15) is 4.98 Å². The van der Waals surface area contributed by atoms with Crippen LogP contribution in [0.25, 0.3) is 0 Å². The maximum atomic E-state index is 5.08. The van der Waals surface area contributed by atoms with Gasteiger partial charge in [-0.15, -0.1) is 6.58 Å². The molecule has 0 saturated carbocycles. The highest BCUT2D eigenvalue weighted by atomic mass is 16.5. The van der Waals surface area contributed by atoms with Crippen molar-refractivity contribution in [2.75, 3.05) is 13.6 Å². The quantitative estimate of drug-likeness (QED) is 0.693. The molecule has 1 N–H and O–H groups in total. The van der Waals surface area contributed by atoms with Gasteiger partial charge in [0.2, 0.25) is 5.89 Å². The van der Waals surface area contributed by atoms with Crippen LogP contribution < -0.4 is 5.32 Å². The molecule has 15 heavy (non-hydrogen) atoms. The van der Waals surface area contributed by atoms with E-state index in [0.29, 0.717) is 18.2 Å². The Morgan fingerprint density at radius 2 is 2.40 bits per heavy atom. The molecule has 1 atom stereocenters. The maximum Gasteiger partial charge on any atom is 0.230 e. The van der Waals surface area contributed by atoms with E-state index in [2.05, 4.69) is 29.0 Å². The van der Waals surface area contributed by atoms with Crippen molar-refractivity contribution in [3.05, 3.63) is 24.4 Å². The topological polar surface area (TPSA) is 51.0 Å². The number of nitrogens with one attached hydrogen (secondary N) is 1. The fraction of sp³-hybridized carbons (Fsp3) is 0.636. The molecule has 4 heteroatoms. The van der Waals surface area contributed by atoms with Gasteiger partial charge in [0.25, 0.3) is 0 Å². The third-order valence-electron chi connectivity index (χ3n) is 2.37. The number of allylic oxidation sites excluding steroid dienone is 1. The molecule has 1 rings (SSSR count). The van der Waals surface area contributed by atoms with Crippen LogP contribution in [-0.4, -0.2) is 23.7 Å². The Bertz CT molecular complexity index is 296. The molecule has 84 valence electrons. The number of hydrogen-bond acceptors (Lipinski definition) is 4. The summed E-state index contributed by atoms with van der Waals surface area (Å²) in [5.74, 6) is 2.03. The molecule has 0 aliphatic rings. The monoisotopic (exact) mass is 209 g/mol. The summed E-state index contributed by atoms with van der Waals surface area (Å²) in [5, 5.41) is 7.11. The lowest BCUT2D eigenvalue weighted by Gasteiger charge is -2.10. The van der Waals surface area contributed by atoms with Gasteiger partial charge in [0.05, 0.1) is 0 Å². The van der Waals surface area contributed by atoms with Crippen LogP contribution in [0.4, 0.5) is 0 Å². The van der Waals surface area contributed by atoms with Crippen molar-refractivity contribution in [1.29, 1.82) is 0 Å². The predicted molar refractivity (Wildman–Crippen MR) is 59.6 cm³/mol. The lowest BCUT2D eigenvalue weighted by molar-refractivity contribution is 0.373. The van der Waals surface area contributed by atoms with Crippen LogP contribution in [0.15, 0.2) is 17.2 Å². The third kappa shape index (κ3) is 3.83. The average molecular weight is 209 g/mol. The van der Waals surface area contributed by atoms with E-state index < -0.39 is 0 Å². The average Bonchev–Trinajstić information content (AvgIpc) is 2.66. The van der Waals surface area contributed by atoms with Gasteiger partial charge in [-0.1, -0.05) is 24.6 Å². The van der Waals surface area contributed by atoms with Crippen LogP contribution in [0.2, 0.25) is 0 Å². The number of nitrogens with zero attached hydrogens (tertiary/aromatic N) is 2. The lowest BCUT2D eigenvalue weighted by atomic mass is 10.0. The van der Waals surface area contributed by atoms with E-state index in [9.17, 15) is 0 Å². The van der Waals surface area contributed by atoms with Gasteiger partial charge in [0.15, 0.2) is 5.82 Å². The normalized spacial score (nSPS) is 12.7. The molecule has 1 heterocycles. The van der Waals surface area contributed by atoms with Crippen molar-refractivity contribution in [3.8, 4) is 0 Å². The van der Waals surface area contributed by atoms with Crippen LogP contribution in [0.1, 0.15) is 25.1 Å². The van der Waals surface area contributed by atoms with Crippen LogP contribution in [0.3, 0.4) is 0 Å². The first-order valence-electron chi connectivity index (χ1n) is 5.37. The summed E-state index contributed by atoms with van der Waals surface area (Å²) in [4.78, 5) is 4.29. The smallest absolute Gasteiger partial charge is 0.230 e. The van der Waals surface area contributed by atoms with Gasteiger partial charge >= 0.3 is 0 Å². The largest absolute Gasteiger partial charge is 0.339 e. The molecule has 0 saturated heterocycles. The van der Waals surface area contributed by atoms with Crippen LogP contribution in [0, 0.1) is 5.92 Å². The summed E-state index contributed by atoms with van der Waals surface area (Å²) in [5.41, 5.74) is 0. The van der Waals surface area contributed by atoms with Crippen LogP contribution in [-0.2, 0) is 12.8 Å².